The van der Waals surface area contributed by atoms with Gasteiger partial charge in [-0.15, -0.1) is 0 Å². The molecular formula is C22H22N6O2S. The number of fused-ring (bicyclic) bond motifs is 1. The highest BCUT2D eigenvalue weighted by atomic mass is 32.2. The van der Waals surface area contributed by atoms with E-state index in [1.165, 1.54) is 16.3 Å². The minimum absolute atomic E-state index is 0.153. The van der Waals surface area contributed by atoms with Crippen LogP contribution < -0.4 is 16.4 Å². The maximum absolute atomic E-state index is 12.7. The van der Waals surface area contributed by atoms with Crippen molar-refractivity contribution in [1.82, 2.24) is 24.5 Å². The van der Waals surface area contributed by atoms with Crippen molar-refractivity contribution < 1.29 is 4.79 Å². The number of amides is 1. The van der Waals surface area contributed by atoms with E-state index in [9.17, 15) is 9.59 Å². The molecule has 0 atom stereocenters. The van der Waals surface area contributed by atoms with Crippen LogP contribution in [0.3, 0.4) is 0 Å². The first kappa shape index (κ1) is 20.7. The normalized spacial score (nSPS) is 10.9. The quantitative estimate of drug-likeness (QED) is 0.343. The van der Waals surface area contributed by atoms with Crippen LogP contribution in [0.2, 0.25) is 0 Å². The molecule has 2 aromatic carbocycles. The molecule has 0 aliphatic carbocycles. The zero-order chi connectivity index (χ0) is 21.8. The summed E-state index contributed by atoms with van der Waals surface area (Å²) in [5.74, 6) is 0.195. The van der Waals surface area contributed by atoms with Crippen molar-refractivity contribution in [2.24, 2.45) is 0 Å². The Labute approximate surface area is 183 Å². The summed E-state index contributed by atoms with van der Waals surface area (Å²) in [5.41, 5.74) is 7.98. The predicted molar refractivity (Wildman–Crippen MR) is 122 cm³/mol. The molecule has 0 aliphatic heterocycles. The van der Waals surface area contributed by atoms with Gasteiger partial charge in [-0.25, -0.2) is 9.97 Å². The van der Waals surface area contributed by atoms with Gasteiger partial charge in [-0.2, -0.15) is 0 Å². The summed E-state index contributed by atoms with van der Waals surface area (Å²) in [5, 5.41) is 1.26. The maximum Gasteiger partial charge on any atom is 0.262 e. The molecule has 0 radical (unpaired) electrons. The summed E-state index contributed by atoms with van der Waals surface area (Å²) in [6.07, 6.45) is 3.59. The van der Waals surface area contributed by atoms with E-state index in [-0.39, 0.29) is 17.2 Å². The number of rotatable bonds is 7. The fourth-order valence-corrected chi connectivity index (χ4v) is 4.03. The van der Waals surface area contributed by atoms with Gasteiger partial charge in [-0.3, -0.25) is 29.6 Å². The van der Waals surface area contributed by atoms with Crippen LogP contribution in [0.15, 0.2) is 70.9 Å². The van der Waals surface area contributed by atoms with Gasteiger partial charge in [-0.1, -0.05) is 42.1 Å². The third-order valence-electron chi connectivity index (χ3n) is 4.81. The van der Waals surface area contributed by atoms with Gasteiger partial charge >= 0.3 is 0 Å². The molecule has 0 spiro atoms. The molecular weight excluding hydrogens is 412 g/mol. The number of hydrogen-bond acceptors (Lipinski definition) is 6. The molecule has 0 bridgehead atoms. The molecule has 4 rings (SSSR count). The first-order chi connectivity index (χ1) is 15.1. The molecule has 0 fully saturated rings. The molecule has 9 heteroatoms. The fourth-order valence-electron chi connectivity index (χ4n) is 3.26. The highest BCUT2D eigenvalue weighted by Crippen LogP contribution is 2.22. The summed E-state index contributed by atoms with van der Waals surface area (Å²) >= 11 is 1.33. The molecule has 2 aromatic heterocycles. The third kappa shape index (κ3) is 4.31. The lowest BCUT2D eigenvalue weighted by atomic mass is 10.2. The van der Waals surface area contributed by atoms with Crippen LogP contribution in [0.25, 0.3) is 16.6 Å². The second-order valence-electron chi connectivity index (χ2n) is 6.83. The van der Waals surface area contributed by atoms with Crippen molar-refractivity contribution in [1.29, 1.82) is 0 Å². The summed E-state index contributed by atoms with van der Waals surface area (Å²) in [7, 11) is 0. The summed E-state index contributed by atoms with van der Waals surface area (Å²) in [6, 6.07) is 15.1. The van der Waals surface area contributed by atoms with Crippen LogP contribution in [-0.4, -0.2) is 30.8 Å². The molecule has 2 N–H and O–H groups in total. The van der Waals surface area contributed by atoms with Gasteiger partial charge in [-0.05, 0) is 37.6 Å². The van der Waals surface area contributed by atoms with E-state index in [4.69, 9.17) is 0 Å². The van der Waals surface area contributed by atoms with E-state index in [1.807, 2.05) is 54.9 Å². The van der Waals surface area contributed by atoms with E-state index in [0.29, 0.717) is 23.4 Å². The highest BCUT2D eigenvalue weighted by Gasteiger charge is 2.13. The second-order valence-corrected chi connectivity index (χ2v) is 7.77. The van der Waals surface area contributed by atoms with Gasteiger partial charge in [0.2, 0.25) is 11.9 Å². The number of carbonyl (C=O) groups excluding carboxylic acids is 1. The van der Waals surface area contributed by atoms with E-state index in [1.54, 1.807) is 24.4 Å². The molecule has 0 saturated carbocycles. The van der Waals surface area contributed by atoms with Crippen molar-refractivity contribution in [2.45, 2.75) is 25.5 Å². The van der Waals surface area contributed by atoms with E-state index >= 15 is 0 Å². The largest absolute Gasteiger partial charge is 0.295 e. The van der Waals surface area contributed by atoms with Gasteiger partial charge in [0.25, 0.3) is 5.56 Å². The van der Waals surface area contributed by atoms with Crippen LogP contribution in [0.1, 0.15) is 12.5 Å². The van der Waals surface area contributed by atoms with Crippen LogP contribution in [0.5, 0.6) is 0 Å². The Morgan fingerprint density at radius 1 is 1.13 bits per heavy atom. The van der Waals surface area contributed by atoms with Crippen molar-refractivity contribution in [2.75, 3.05) is 11.2 Å². The van der Waals surface area contributed by atoms with Crippen molar-refractivity contribution in [3.8, 4) is 5.69 Å². The summed E-state index contributed by atoms with van der Waals surface area (Å²) in [6.45, 7) is 4.31. The minimum atomic E-state index is -0.255. The molecule has 8 nitrogen and oxygen atoms in total. The van der Waals surface area contributed by atoms with Crippen molar-refractivity contribution in [3.05, 3.63) is 76.8 Å². The zero-order valence-electron chi connectivity index (χ0n) is 17.2. The lowest BCUT2D eigenvalue weighted by Crippen LogP contribution is -2.35. The number of aryl methyl sites for hydroxylation is 1. The Balaban J connectivity index is 1.44. The number of thioether (sulfide) groups is 1. The van der Waals surface area contributed by atoms with Gasteiger partial charge in [0.1, 0.15) is 0 Å². The number of nitrogens with one attached hydrogen (secondary N) is 2. The first-order valence-corrected chi connectivity index (χ1v) is 10.8. The van der Waals surface area contributed by atoms with Crippen LogP contribution in [0, 0.1) is 6.92 Å². The molecule has 0 aliphatic rings. The van der Waals surface area contributed by atoms with Gasteiger partial charge in [0.05, 0.1) is 22.3 Å². The van der Waals surface area contributed by atoms with Gasteiger partial charge < -0.3 is 0 Å². The van der Waals surface area contributed by atoms with Gasteiger partial charge in [0, 0.05) is 18.9 Å². The number of anilines is 1. The monoisotopic (exact) mass is 434 g/mol. The molecule has 31 heavy (non-hydrogen) atoms. The number of carbonyl (C=O) groups is 1. The van der Waals surface area contributed by atoms with Crippen molar-refractivity contribution in [3.63, 3.8) is 0 Å². The summed E-state index contributed by atoms with van der Waals surface area (Å²) in [4.78, 5) is 33.9. The number of benzene rings is 2. The average Bonchev–Trinajstić information content (AvgIpc) is 3.25. The Morgan fingerprint density at radius 3 is 2.71 bits per heavy atom. The van der Waals surface area contributed by atoms with Gasteiger partial charge in [0.15, 0.2) is 5.16 Å². The van der Waals surface area contributed by atoms with Crippen LogP contribution in [-0.2, 0) is 11.3 Å². The molecule has 1 amide bonds. The predicted octanol–water partition coefficient (Wildman–Crippen LogP) is 3.15. The molecule has 4 aromatic rings. The number of hydrazine groups is 1. The number of para-hydroxylation sites is 2. The Morgan fingerprint density at radius 2 is 1.90 bits per heavy atom. The number of aromatic nitrogens is 4. The average molecular weight is 435 g/mol. The SMILES string of the molecule is CCn1c(NNC(=O)CSc2nccn2-c2ccccc2C)nc2ccccc2c1=O. The van der Waals surface area contributed by atoms with Crippen LogP contribution >= 0.6 is 11.8 Å². The Hall–Kier alpha value is -3.59. The first-order valence-electron chi connectivity index (χ1n) is 9.85. The van der Waals surface area contributed by atoms with Crippen molar-refractivity contribution >= 4 is 34.5 Å². The molecule has 158 valence electrons. The molecule has 0 unspecified atom stereocenters. The molecule has 0 saturated heterocycles. The lowest BCUT2D eigenvalue weighted by Gasteiger charge is -2.14. The highest BCUT2D eigenvalue weighted by molar-refractivity contribution is 7.99. The standard InChI is InChI=1S/C22H22N6O2S/c1-3-27-20(30)16-9-5-6-10-17(16)24-21(27)26-25-19(29)14-31-22-23-12-13-28(22)18-11-7-4-8-15(18)2/h4-13H,3,14H2,1-2H3,(H,24,26)(H,25,29). The number of imidazole rings is 1. The van der Waals surface area contributed by atoms with Crippen LogP contribution in [0.4, 0.5) is 5.95 Å². The van der Waals surface area contributed by atoms with E-state index in [2.05, 4.69) is 20.8 Å². The van der Waals surface area contributed by atoms with E-state index in [0.717, 1.165) is 16.4 Å². The third-order valence-corrected chi connectivity index (χ3v) is 5.77. The topological polar surface area (TPSA) is 93.8 Å². The molecule has 2 heterocycles. The number of nitrogens with zero attached hydrogens (tertiary/aromatic N) is 4. The Kier molecular flexibility index (Phi) is 6.03. The smallest absolute Gasteiger partial charge is 0.262 e. The Bertz CT molecular complexity index is 1300. The lowest BCUT2D eigenvalue weighted by molar-refractivity contribution is -0.118. The zero-order valence-corrected chi connectivity index (χ0v) is 18.0. The fraction of sp³-hybridized carbons (Fsp3) is 0.182. The van der Waals surface area contributed by atoms with E-state index < -0.39 is 0 Å². The number of hydrogen-bond donors (Lipinski definition) is 2. The maximum atomic E-state index is 12.7. The second kappa shape index (κ2) is 9.05. The summed E-state index contributed by atoms with van der Waals surface area (Å²) < 4.78 is 3.45. The minimum Gasteiger partial charge on any atom is -0.295 e.